The molecule has 1 heterocycles. The summed E-state index contributed by atoms with van der Waals surface area (Å²) in [5.74, 6) is 0.0733. The van der Waals surface area contributed by atoms with Crippen LogP contribution < -0.4 is 9.47 Å². The summed E-state index contributed by atoms with van der Waals surface area (Å²) in [7, 11) is 0. The quantitative estimate of drug-likeness (QED) is 0.410. The molecule has 1 aromatic heterocycles. The molecule has 0 radical (unpaired) electrons. The molecule has 0 fully saturated rings. The summed E-state index contributed by atoms with van der Waals surface area (Å²) in [6, 6.07) is 6.86. The molecule has 1 unspecified atom stereocenters. The fraction of sp³-hybridized carbons (Fsp3) is 0.368. The number of unbranched alkanes of at least 4 members (excludes halogenated alkanes) is 1. The fourth-order valence-electron chi connectivity index (χ4n) is 2.04. The van der Waals surface area contributed by atoms with Gasteiger partial charge in [-0.05, 0) is 43.7 Å². The molecule has 1 atom stereocenters. The molecule has 2 aromatic rings. The molecule has 2 rings (SSSR count). The average Bonchev–Trinajstić information content (AvgIpc) is 2.64. The predicted octanol–water partition coefficient (Wildman–Crippen LogP) is 5.66. The van der Waals surface area contributed by atoms with Crippen molar-refractivity contribution in [1.29, 1.82) is 0 Å². The van der Waals surface area contributed by atoms with Gasteiger partial charge in [0.15, 0.2) is 6.10 Å². The van der Waals surface area contributed by atoms with Gasteiger partial charge in [-0.2, -0.15) is 13.2 Å². The van der Waals surface area contributed by atoms with Gasteiger partial charge >= 0.3 is 12.1 Å². The third kappa shape index (κ3) is 6.30. The van der Waals surface area contributed by atoms with Crippen LogP contribution in [0.15, 0.2) is 36.5 Å². The minimum atomic E-state index is -4.54. The second kappa shape index (κ2) is 9.64. The Morgan fingerprint density at radius 3 is 2.43 bits per heavy atom. The summed E-state index contributed by atoms with van der Waals surface area (Å²) >= 11 is 5.81. The van der Waals surface area contributed by atoms with Gasteiger partial charge in [0.05, 0.1) is 12.2 Å². The van der Waals surface area contributed by atoms with E-state index >= 15 is 0 Å². The Hall–Kier alpha value is -2.48. The van der Waals surface area contributed by atoms with Gasteiger partial charge in [-0.25, -0.2) is 9.78 Å². The number of rotatable bonds is 8. The number of halogens is 4. The third-order valence-electron chi connectivity index (χ3n) is 3.56. The number of carbonyl (C=O) groups is 1. The van der Waals surface area contributed by atoms with Crippen molar-refractivity contribution in [2.24, 2.45) is 0 Å². The minimum Gasteiger partial charge on any atom is -0.479 e. The lowest BCUT2D eigenvalue weighted by molar-refractivity contribution is -0.151. The van der Waals surface area contributed by atoms with Crippen LogP contribution in [0.25, 0.3) is 0 Å². The largest absolute Gasteiger partial charge is 0.479 e. The molecule has 0 saturated carbocycles. The molecule has 0 bridgehead atoms. The summed E-state index contributed by atoms with van der Waals surface area (Å²) in [6.07, 6.45) is -2.98. The van der Waals surface area contributed by atoms with Crippen molar-refractivity contribution in [3.63, 3.8) is 0 Å². The maximum absolute atomic E-state index is 12.6. The van der Waals surface area contributed by atoms with E-state index in [1.807, 2.05) is 6.92 Å². The summed E-state index contributed by atoms with van der Waals surface area (Å²) in [5, 5.41) is -0.265. The summed E-state index contributed by atoms with van der Waals surface area (Å²) in [4.78, 5) is 15.4. The lowest BCUT2D eigenvalue weighted by Crippen LogP contribution is -2.26. The van der Waals surface area contributed by atoms with Gasteiger partial charge in [-0.15, -0.1) is 0 Å². The minimum absolute atomic E-state index is 0.156. The van der Waals surface area contributed by atoms with E-state index in [0.717, 1.165) is 18.9 Å². The van der Waals surface area contributed by atoms with Gasteiger partial charge in [0.2, 0.25) is 5.88 Å². The highest BCUT2D eigenvalue weighted by atomic mass is 35.5. The van der Waals surface area contributed by atoms with Gasteiger partial charge in [-0.1, -0.05) is 24.9 Å². The first-order valence-electron chi connectivity index (χ1n) is 8.54. The Bertz CT molecular complexity index is 797. The van der Waals surface area contributed by atoms with Gasteiger partial charge in [0, 0.05) is 6.20 Å². The zero-order valence-corrected chi connectivity index (χ0v) is 16.0. The Morgan fingerprint density at radius 2 is 1.86 bits per heavy atom. The van der Waals surface area contributed by atoms with Crippen LogP contribution in [0, 0.1) is 0 Å². The van der Waals surface area contributed by atoms with Crippen LogP contribution in [0.4, 0.5) is 13.2 Å². The van der Waals surface area contributed by atoms with Crippen LogP contribution >= 0.6 is 11.6 Å². The topological polar surface area (TPSA) is 57.7 Å². The van der Waals surface area contributed by atoms with E-state index in [-0.39, 0.29) is 10.9 Å². The maximum atomic E-state index is 12.6. The molecular weight excluding hydrogens is 399 g/mol. The fourth-order valence-corrected chi connectivity index (χ4v) is 2.24. The molecule has 0 aliphatic heterocycles. The molecule has 0 N–H and O–H groups in total. The number of aromatic nitrogens is 1. The van der Waals surface area contributed by atoms with E-state index in [1.54, 1.807) is 19.1 Å². The zero-order chi connectivity index (χ0) is 20.7. The van der Waals surface area contributed by atoms with Crippen LogP contribution in [-0.2, 0) is 15.7 Å². The molecule has 0 amide bonds. The molecule has 28 heavy (non-hydrogen) atoms. The van der Waals surface area contributed by atoms with Crippen molar-refractivity contribution in [1.82, 2.24) is 4.98 Å². The second-order valence-corrected chi connectivity index (χ2v) is 6.27. The SMILES string of the molecule is CCCCOC(=O)C(C)Oc1ccc(Oc2ncc(C(F)(F)F)cc2Cl)cc1. The highest BCUT2D eigenvalue weighted by Crippen LogP contribution is 2.34. The lowest BCUT2D eigenvalue weighted by Gasteiger charge is -2.14. The van der Waals surface area contributed by atoms with Crippen LogP contribution in [0.3, 0.4) is 0 Å². The van der Waals surface area contributed by atoms with Crippen molar-refractivity contribution in [3.8, 4) is 17.4 Å². The normalized spacial score (nSPS) is 12.4. The lowest BCUT2D eigenvalue weighted by atomic mass is 10.3. The Balaban J connectivity index is 1.96. The van der Waals surface area contributed by atoms with Gasteiger partial charge in [-0.3, -0.25) is 0 Å². The van der Waals surface area contributed by atoms with E-state index in [1.165, 1.54) is 12.1 Å². The third-order valence-corrected chi connectivity index (χ3v) is 3.83. The van der Waals surface area contributed by atoms with Gasteiger partial charge in [0.1, 0.15) is 16.5 Å². The zero-order valence-electron chi connectivity index (χ0n) is 15.3. The van der Waals surface area contributed by atoms with Crippen molar-refractivity contribution in [2.45, 2.75) is 39.0 Å². The molecule has 0 aliphatic rings. The van der Waals surface area contributed by atoms with Crippen molar-refractivity contribution < 1.29 is 32.2 Å². The van der Waals surface area contributed by atoms with Crippen LogP contribution in [-0.4, -0.2) is 23.7 Å². The van der Waals surface area contributed by atoms with E-state index < -0.39 is 23.8 Å². The number of alkyl halides is 3. The molecule has 9 heteroatoms. The van der Waals surface area contributed by atoms with Crippen LogP contribution in [0.1, 0.15) is 32.3 Å². The molecule has 152 valence electrons. The van der Waals surface area contributed by atoms with E-state index in [4.69, 9.17) is 25.8 Å². The van der Waals surface area contributed by atoms with E-state index in [0.29, 0.717) is 24.3 Å². The first kappa shape index (κ1) is 21.8. The maximum Gasteiger partial charge on any atom is 0.417 e. The van der Waals surface area contributed by atoms with Gasteiger partial charge < -0.3 is 14.2 Å². The summed E-state index contributed by atoms with van der Waals surface area (Å²) in [6.45, 7) is 3.91. The van der Waals surface area contributed by atoms with E-state index in [2.05, 4.69) is 4.98 Å². The highest BCUT2D eigenvalue weighted by Gasteiger charge is 2.31. The van der Waals surface area contributed by atoms with Crippen LogP contribution in [0.2, 0.25) is 5.02 Å². The molecule has 0 spiro atoms. The number of carbonyl (C=O) groups excluding carboxylic acids is 1. The van der Waals surface area contributed by atoms with Crippen molar-refractivity contribution in [2.75, 3.05) is 6.61 Å². The summed E-state index contributed by atoms with van der Waals surface area (Å²) < 4.78 is 53.9. The van der Waals surface area contributed by atoms with Crippen molar-refractivity contribution in [3.05, 3.63) is 47.1 Å². The van der Waals surface area contributed by atoms with Gasteiger partial charge in [0.25, 0.3) is 0 Å². The molecule has 0 saturated heterocycles. The Morgan fingerprint density at radius 1 is 1.21 bits per heavy atom. The summed E-state index contributed by atoms with van der Waals surface area (Å²) in [5.41, 5.74) is -0.964. The van der Waals surface area contributed by atoms with E-state index in [9.17, 15) is 18.0 Å². The first-order chi connectivity index (χ1) is 13.2. The number of ether oxygens (including phenoxy) is 3. The molecule has 0 aliphatic carbocycles. The molecular formula is C19H19ClF3NO4. The van der Waals surface area contributed by atoms with Crippen molar-refractivity contribution >= 4 is 17.6 Å². The number of nitrogens with zero attached hydrogens (tertiary/aromatic N) is 1. The molecule has 5 nitrogen and oxygen atoms in total. The average molecular weight is 418 g/mol. The number of hydrogen-bond acceptors (Lipinski definition) is 5. The monoisotopic (exact) mass is 417 g/mol. The number of esters is 1. The number of benzene rings is 1. The number of hydrogen-bond donors (Lipinski definition) is 0. The highest BCUT2D eigenvalue weighted by molar-refractivity contribution is 6.31. The Labute approximate surface area is 165 Å². The predicted molar refractivity (Wildman–Crippen MR) is 96.7 cm³/mol. The molecule has 1 aromatic carbocycles. The second-order valence-electron chi connectivity index (χ2n) is 5.86. The van der Waals surface area contributed by atoms with Crippen LogP contribution in [0.5, 0.6) is 17.4 Å². The first-order valence-corrected chi connectivity index (χ1v) is 8.92. The Kier molecular flexibility index (Phi) is 7.51. The standard InChI is InChI=1S/C19H19ClF3NO4/c1-3-4-9-26-18(25)12(2)27-14-5-7-15(8-6-14)28-17-16(20)10-13(11-24-17)19(21,22)23/h5-8,10-12H,3-4,9H2,1-2H3. The smallest absolute Gasteiger partial charge is 0.417 e. The number of pyridine rings is 1.